The number of aromatic nitrogens is 2. The Bertz CT molecular complexity index is 731. The summed E-state index contributed by atoms with van der Waals surface area (Å²) in [5, 5.41) is 7.25. The number of ether oxygens (including phenoxy) is 1. The van der Waals surface area contributed by atoms with Crippen LogP contribution in [-0.2, 0) is 17.6 Å². The molecule has 6 nitrogen and oxygen atoms in total. The highest BCUT2D eigenvalue weighted by Gasteiger charge is 2.31. The van der Waals surface area contributed by atoms with Crippen LogP contribution in [0.2, 0.25) is 0 Å². The van der Waals surface area contributed by atoms with Gasteiger partial charge in [-0.1, -0.05) is 6.07 Å². The van der Waals surface area contributed by atoms with E-state index in [2.05, 4.69) is 22.3 Å². The van der Waals surface area contributed by atoms with Crippen LogP contribution >= 0.6 is 12.4 Å². The summed E-state index contributed by atoms with van der Waals surface area (Å²) >= 11 is 0. The van der Waals surface area contributed by atoms with Gasteiger partial charge in [0.2, 0.25) is 0 Å². The molecule has 2 heterocycles. The van der Waals surface area contributed by atoms with Crippen LogP contribution in [-0.4, -0.2) is 35.5 Å². The summed E-state index contributed by atoms with van der Waals surface area (Å²) in [7, 11) is 0. The number of nitrogens with one attached hydrogen (secondary N) is 1. The van der Waals surface area contributed by atoms with E-state index in [1.807, 2.05) is 12.3 Å². The van der Waals surface area contributed by atoms with Gasteiger partial charge in [-0.25, -0.2) is 4.79 Å². The van der Waals surface area contributed by atoms with Crippen LogP contribution in [0, 0.1) is 0 Å². The van der Waals surface area contributed by atoms with Crippen molar-refractivity contribution in [2.45, 2.75) is 25.4 Å². The number of hydrogen-bond acceptors (Lipinski definition) is 4. The van der Waals surface area contributed by atoms with Gasteiger partial charge in [0.15, 0.2) is 0 Å². The number of amides is 1. The predicted molar refractivity (Wildman–Crippen MR) is 90.0 cm³/mol. The molecule has 4 rings (SSSR count). The first-order chi connectivity index (χ1) is 10.8. The SMILES string of the molecule is Cl.NC[C@H]1CN(c2ccc3c(c2)CCCc2cn[nH]c2-3)C(=O)O1. The Hall–Kier alpha value is -2.05. The zero-order valence-electron chi connectivity index (χ0n) is 12.6. The lowest BCUT2D eigenvalue weighted by atomic mass is 10.0. The molecule has 1 aromatic heterocycles. The minimum Gasteiger partial charge on any atom is -0.443 e. The van der Waals surface area contributed by atoms with E-state index in [0.717, 1.165) is 30.6 Å². The summed E-state index contributed by atoms with van der Waals surface area (Å²) in [5.74, 6) is 0. The van der Waals surface area contributed by atoms with E-state index < -0.39 is 0 Å². The molecule has 1 aliphatic carbocycles. The van der Waals surface area contributed by atoms with Crippen molar-refractivity contribution >= 4 is 24.2 Å². The number of anilines is 1. The van der Waals surface area contributed by atoms with Gasteiger partial charge in [-0.05, 0) is 42.5 Å². The lowest BCUT2D eigenvalue weighted by molar-refractivity contribution is 0.145. The van der Waals surface area contributed by atoms with Crippen molar-refractivity contribution < 1.29 is 9.53 Å². The Kier molecular flexibility index (Phi) is 4.28. The zero-order chi connectivity index (χ0) is 15.1. The molecule has 122 valence electrons. The molecule has 23 heavy (non-hydrogen) atoms. The highest BCUT2D eigenvalue weighted by atomic mass is 35.5. The topological polar surface area (TPSA) is 84.2 Å². The van der Waals surface area contributed by atoms with Crippen LogP contribution in [0.15, 0.2) is 24.4 Å². The number of carbonyl (C=O) groups is 1. The highest BCUT2D eigenvalue weighted by Crippen LogP contribution is 2.34. The van der Waals surface area contributed by atoms with Crippen molar-refractivity contribution in [3.8, 4) is 11.3 Å². The van der Waals surface area contributed by atoms with Gasteiger partial charge in [0.05, 0.1) is 18.4 Å². The second-order valence-corrected chi connectivity index (χ2v) is 5.82. The molecule has 1 atom stereocenters. The number of fused-ring (bicyclic) bond motifs is 3. The number of halogens is 1. The summed E-state index contributed by atoms with van der Waals surface area (Å²) in [4.78, 5) is 13.6. The predicted octanol–water partition coefficient (Wildman–Crippen LogP) is 2.27. The molecule has 3 N–H and O–H groups in total. The average molecular weight is 335 g/mol. The third kappa shape index (κ3) is 2.68. The fourth-order valence-corrected chi connectivity index (χ4v) is 3.26. The van der Waals surface area contributed by atoms with E-state index in [9.17, 15) is 4.79 Å². The molecule has 2 aliphatic rings. The summed E-state index contributed by atoms with van der Waals surface area (Å²) in [6, 6.07) is 6.12. The smallest absolute Gasteiger partial charge is 0.414 e. The second kappa shape index (κ2) is 6.22. The van der Waals surface area contributed by atoms with Gasteiger partial charge >= 0.3 is 6.09 Å². The average Bonchev–Trinajstić information content (AvgIpc) is 3.10. The Morgan fingerprint density at radius 1 is 1.35 bits per heavy atom. The Balaban J connectivity index is 0.00000156. The van der Waals surface area contributed by atoms with Gasteiger partial charge < -0.3 is 10.5 Å². The number of carbonyl (C=O) groups excluding carboxylic acids is 1. The molecule has 2 aromatic rings. The number of nitrogens with two attached hydrogens (primary N) is 1. The van der Waals surface area contributed by atoms with Crippen LogP contribution < -0.4 is 10.6 Å². The van der Waals surface area contributed by atoms with Crippen LogP contribution in [0.25, 0.3) is 11.3 Å². The molecule has 0 bridgehead atoms. The first-order valence-electron chi connectivity index (χ1n) is 7.60. The molecule has 0 unspecified atom stereocenters. The lowest BCUT2D eigenvalue weighted by Crippen LogP contribution is -2.27. The number of hydrogen-bond donors (Lipinski definition) is 2. The quantitative estimate of drug-likeness (QED) is 0.882. The van der Waals surface area contributed by atoms with Crippen molar-refractivity contribution in [1.82, 2.24) is 10.2 Å². The Morgan fingerprint density at radius 3 is 2.96 bits per heavy atom. The van der Waals surface area contributed by atoms with Crippen molar-refractivity contribution in [2.24, 2.45) is 5.73 Å². The molecule has 0 saturated carbocycles. The maximum atomic E-state index is 12.0. The first kappa shape index (κ1) is 15.8. The van der Waals surface area contributed by atoms with Crippen molar-refractivity contribution in [2.75, 3.05) is 18.0 Å². The molecule has 1 aliphatic heterocycles. The number of cyclic esters (lactones) is 1. The van der Waals surface area contributed by atoms with Crippen molar-refractivity contribution in [3.63, 3.8) is 0 Å². The zero-order valence-corrected chi connectivity index (χ0v) is 13.4. The number of nitrogens with zero attached hydrogens (tertiary/aromatic N) is 2. The van der Waals surface area contributed by atoms with Gasteiger partial charge in [-0.3, -0.25) is 10.00 Å². The van der Waals surface area contributed by atoms with Gasteiger partial charge in [0, 0.05) is 17.8 Å². The van der Waals surface area contributed by atoms with E-state index >= 15 is 0 Å². The monoisotopic (exact) mass is 334 g/mol. The van der Waals surface area contributed by atoms with Crippen molar-refractivity contribution in [1.29, 1.82) is 0 Å². The fraction of sp³-hybridized carbons (Fsp3) is 0.375. The number of rotatable bonds is 2. The van der Waals surface area contributed by atoms with Crippen LogP contribution in [0.1, 0.15) is 17.5 Å². The van der Waals surface area contributed by atoms with E-state index in [1.165, 1.54) is 16.7 Å². The molecule has 1 fully saturated rings. The normalized spacial score (nSPS) is 19.4. The largest absolute Gasteiger partial charge is 0.443 e. The molecule has 1 aromatic carbocycles. The first-order valence-corrected chi connectivity index (χ1v) is 7.60. The van der Waals surface area contributed by atoms with E-state index in [-0.39, 0.29) is 24.6 Å². The minimum absolute atomic E-state index is 0. The highest BCUT2D eigenvalue weighted by molar-refractivity contribution is 5.90. The summed E-state index contributed by atoms with van der Waals surface area (Å²) < 4.78 is 5.24. The minimum atomic E-state index is -0.314. The van der Waals surface area contributed by atoms with Gasteiger partial charge in [-0.2, -0.15) is 5.10 Å². The number of H-pyrrole nitrogens is 1. The van der Waals surface area contributed by atoms with E-state index in [4.69, 9.17) is 10.5 Å². The van der Waals surface area contributed by atoms with Crippen LogP contribution in [0.5, 0.6) is 0 Å². The summed E-state index contributed by atoms with van der Waals surface area (Å²) in [5.41, 5.74) is 11.2. The molecule has 0 spiro atoms. The third-order valence-electron chi connectivity index (χ3n) is 4.42. The number of benzene rings is 1. The van der Waals surface area contributed by atoms with Crippen LogP contribution in [0.3, 0.4) is 0 Å². The lowest BCUT2D eigenvalue weighted by Gasteiger charge is -2.16. The number of aryl methyl sites for hydroxylation is 2. The molecule has 7 heteroatoms. The summed E-state index contributed by atoms with van der Waals surface area (Å²) in [6.45, 7) is 0.869. The Labute approximate surface area is 140 Å². The van der Waals surface area contributed by atoms with E-state index in [0.29, 0.717) is 13.1 Å². The molecular weight excluding hydrogens is 316 g/mol. The standard InChI is InChI=1S/C16H18N4O2.ClH/c17-7-13-9-20(16(21)22-13)12-4-5-14-10(6-12)2-1-3-11-8-18-19-15(11)14;/h4-6,8,13H,1-3,7,9,17H2,(H,18,19);1H/t13-;/m0./s1. The molecular formula is C16H19ClN4O2. The fourth-order valence-electron chi connectivity index (χ4n) is 3.26. The Morgan fingerprint density at radius 2 is 2.17 bits per heavy atom. The van der Waals surface area contributed by atoms with Gasteiger partial charge in [0.1, 0.15) is 6.10 Å². The van der Waals surface area contributed by atoms with Crippen molar-refractivity contribution in [3.05, 3.63) is 35.5 Å². The number of aromatic amines is 1. The van der Waals surface area contributed by atoms with Gasteiger partial charge in [-0.15, -0.1) is 12.4 Å². The van der Waals surface area contributed by atoms with Gasteiger partial charge in [0.25, 0.3) is 0 Å². The molecule has 1 saturated heterocycles. The maximum absolute atomic E-state index is 12.0. The third-order valence-corrected chi connectivity index (χ3v) is 4.42. The molecule has 0 radical (unpaired) electrons. The summed E-state index contributed by atoms with van der Waals surface area (Å²) in [6.07, 6.45) is 4.48. The second-order valence-electron chi connectivity index (χ2n) is 5.82. The van der Waals surface area contributed by atoms with Crippen LogP contribution in [0.4, 0.5) is 10.5 Å². The maximum Gasteiger partial charge on any atom is 0.414 e. The van der Waals surface area contributed by atoms with E-state index in [1.54, 1.807) is 4.90 Å². The molecule has 1 amide bonds.